The molecule has 0 aliphatic rings. The third-order valence-corrected chi connectivity index (χ3v) is 5.72. The second-order valence-electron chi connectivity index (χ2n) is 5.82. The molecular weight excluding hydrogens is 546 g/mol. The first-order valence-corrected chi connectivity index (χ1v) is 10.5. The molecule has 0 saturated carbocycles. The molecule has 2 aromatic rings. The summed E-state index contributed by atoms with van der Waals surface area (Å²) in [4.78, 5) is 12.1. The van der Waals surface area contributed by atoms with Gasteiger partial charge in [0.2, 0.25) is 5.91 Å². The van der Waals surface area contributed by atoms with E-state index in [1.165, 1.54) is 0 Å². The van der Waals surface area contributed by atoms with Crippen molar-refractivity contribution in [2.75, 3.05) is 20.8 Å². The minimum Gasteiger partial charge on any atom is -0.496 e. The van der Waals surface area contributed by atoms with E-state index in [0.717, 1.165) is 30.3 Å². The van der Waals surface area contributed by atoms with E-state index < -0.39 is 12.0 Å². The summed E-state index contributed by atoms with van der Waals surface area (Å²) in [6, 6.07) is 9.35. The van der Waals surface area contributed by atoms with Gasteiger partial charge in [0.05, 0.1) is 27.6 Å². The minimum atomic E-state index is -1.11. The molecule has 0 aliphatic heterocycles. The van der Waals surface area contributed by atoms with Crippen LogP contribution in [-0.2, 0) is 17.6 Å². The van der Waals surface area contributed by atoms with Crippen LogP contribution in [0.2, 0.25) is 0 Å². The van der Waals surface area contributed by atoms with E-state index in [1.54, 1.807) is 20.3 Å². The number of hydrogen-bond donors (Lipinski definition) is 2. The van der Waals surface area contributed by atoms with Crippen LogP contribution in [0.4, 0.5) is 0 Å². The number of aliphatic hydroxyl groups is 1. The highest BCUT2D eigenvalue weighted by Gasteiger charge is 2.16. The predicted molar refractivity (Wildman–Crippen MR) is 116 cm³/mol. The van der Waals surface area contributed by atoms with E-state index in [-0.39, 0.29) is 6.42 Å². The van der Waals surface area contributed by atoms with Crippen molar-refractivity contribution in [3.8, 4) is 11.5 Å². The average molecular weight is 566 g/mol. The molecule has 0 spiro atoms. The van der Waals surface area contributed by atoms with Crippen LogP contribution >= 0.6 is 47.8 Å². The van der Waals surface area contributed by atoms with E-state index in [1.807, 2.05) is 24.3 Å². The first kappa shape index (κ1) is 22.2. The molecule has 0 unspecified atom stereocenters. The summed E-state index contributed by atoms with van der Waals surface area (Å²) in [5.74, 6) is 1.03. The van der Waals surface area contributed by atoms with Gasteiger partial charge in [-0.15, -0.1) is 0 Å². The number of ether oxygens (including phenoxy) is 2. The van der Waals surface area contributed by atoms with Gasteiger partial charge in [-0.25, -0.2) is 0 Å². The maximum absolute atomic E-state index is 12.1. The highest BCUT2D eigenvalue weighted by atomic mass is 79.9. The molecule has 0 radical (unpaired) electrons. The molecule has 2 rings (SSSR count). The molecule has 0 bridgehead atoms. The molecule has 2 N–H and O–H groups in total. The Morgan fingerprint density at radius 2 is 1.67 bits per heavy atom. The van der Waals surface area contributed by atoms with E-state index in [4.69, 9.17) is 9.47 Å². The van der Waals surface area contributed by atoms with Crippen molar-refractivity contribution in [2.45, 2.75) is 18.9 Å². The summed E-state index contributed by atoms with van der Waals surface area (Å²) in [5.41, 5.74) is 1.87. The number of rotatable bonds is 8. The number of benzene rings is 2. The molecular formula is C19H20Br3NO4. The second kappa shape index (κ2) is 10.5. The standard InChI is InChI=1S/C19H20Br3NO4/c1-26-17-4-3-11(7-13(17)20)10-16(24)19(25)23-6-5-12-8-14(21)18(27-2)15(22)9-12/h3-4,7-9,16,24H,5-6,10H2,1-2H3,(H,23,25)/t16-/m0/s1. The lowest BCUT2D eigenvalue weighted by molar-refractivity contribution is -0.129. The number of nitrogens with one attached hydrogen (secondary N) is 1. The Labute approximate surface area is 183 Å². The molecule has 27 heavy (non-hydrogen) atoms. The quantitative estimate of drug-likeness (QED) is 0.502. The van der Waals surface area contributed by atoms with Crippen molar-refractivity contribution < 1.29 is 19.4 Å². The van der Waals surface area contributed by atoms with Gasteiger partial charge < -0.3 is 19.9 Å². The number of amides is 1. The van der Waals surface area contributed by atoms with Crippen LogP contribution in [0.15, 0.2) is 43.7 Å². The predicted octanol–water partition coefficient (Wildman–Crippen LogP) is 4.25. The average Bonchev–Trinajstić information content (AvgIpc) is 2.61. The van der Waals surface area contributed by atoms with Gasteiger partial charge in [0.15, 0.2) is 0 Å². The van der Waals surface area contributed by atoms with Crippen molar-refractivity contribution >= 4 is 53.7 Å². The molecule has 146 valence electrons. The Morgan fingerprint density at radius 3 is 2.22 bits per heavy atom. The van der Waals surface area contributed by atoms with Crippen LogP contribution in [0.5, 0.6) is 11.5 Å². The molecule has 1 atom stereocenters. The zero-order valence-corrected chi connectivity index (χ0v) is 19.6. The maximum Gasteiger partial charge on any atom is 0.249 e. The van der Waals surface area contributed by atoms with Crippen LogP contribution in [0.1, 0.15) is 11.1 Å². The smallest absolute Gasteiger partial charge is 0.249 e. The minimum absolute atomic E-state index is 0.230. The lowest BCUT2D eigenvalue weighted by atomic mass is 10.1. The van der Waals surface area contributed by atoms with Gasteiger partial charge in [0.25, 0.3) is 0 Å². The Bertz CT molecular complexity index is 791. The fraction of sp³-hybridized carbons (Fsp3) is 0.316. The second-order valence-corrected chi connectivity index (χ2v) is 8.39. The molecule has 0 heterocycles. The highest BCUT2D eigenvalue weighted by molar-refractivity contribution is 9.11. The summed E-state index contributed by atoms with van der Waals surface area (Å²) in [6.07, 6.45) is -0.249. The lowest BCUT2D eigenvalue weighted by Crippen LogP contribution is -2.37. The van der Waals surface area contributed by atoms with Crippen LogP contribution in [-0.4, -0.2) is 37.9 Å². The van der Waals surface area contributed by atoms with E-state index >= 15 is 0 Å². The third-order valence-electron chi connectivity index (χ3n) is 3.92. The maximum atomic E-state index is 12.1. The van der Waals surface area contributed by atoms with Gasteiger partial charge in [-0.05, 0) is 89.6 Å². The SMILES string of the molecule is COc1ccc(C[C@H](O)C(=O)NCCc2cc(Br)c(OC)c(Br)c2)cc1Br. The molecule has 2 aromatic carbocycles. The van der Waals surface area contributed by atoms with Crippen LogP contribution in [0.3, 0.4) is 0 Å². The molecule has 8 heteroatoms. The third kappa shape index (κ3) is 6.20. The fourth-order valence-electron chi connectivity index (χ4n) is 2.55. The number of methoxy groups -OCH3 is 2. The van der Waals surface area contributed by atoms with Crippen molar-refractivity contribution in [3.63, 3.8) is 0 Å². The normalized spacial score (nSPS) is 11.8. The molecule has 0 fully saturated rings. The van der Waals surface area contributed by atoms with Gasteiger partial charge in [-0.2, -0.15) is 0 Å². The van der Waals surface area contributed by atoms with Crippen LogP contribution in [0.25, 0.3) is 0 Å². The Morgan fingerprint density at radius 1 is 1.04 bits per heavy atom. The van der Waals surface area contributed by atoms with Gasteiger partial charge in [0.1, 0.15) is 17.6 Å². The summed E-state index contributed by atoms with van der Waals surface area (Å²) in [6.45, 7) is 0.424. The van der Waals surface area contributed by atoms with Crippen molar-refractivity contribution in [1.82, 2.24) is 5.32 Å². The highest BCUT2D eigenvalue weighted by Crippen LogP contribution is 2.34. The number of hydrogen-bond acceptors (Lipinski definition) is 4. The van der Waals surface area contributed by atoms with E-state index in [0.29, 0.717) is 18.7 Å². The van der Waals surface area contributed by atoms with Gasteiger partial charge in [-0.1, -0.05) is 6.07 Å². The summed E-state index contributed by atoms with van der Waals surface area (Å²) in [5, 5.41) is 12.9. The Hall–Kier alpha value is -1.09. The molecule has 0 saturated heterocycles. The van der Waals surface area contributed by atoms with Crippen molar-refractivity contribution in [3.05, 3.63) is 54.9 Å². The first-order chi connectivity index (χ1) is 12.8. The van der Waals surface area contributed by atoms with Crippen LogP contribution in [0, 0.1) is 0 Å². The zero-order chi connectivity index (χ0) is 20.0. The largest absolute Gasteiger partial charge is 0.496 e. The Kier molecular flexibility index (Phi) is 8.60. The summed E-state index contributed by atoms with van der Waals surface area (Å²) in [7, 11) is 3.19. The van der Waals surface area contributed by atoms with Gasteiger partial charge >= 0.3 is 0 Å². The topological polar surface area (TPSA) is 67.8 Å². The van der Waals surface area contributed by atoms with Crippen molar-refractivity contribution in [2.24, 2.45) is 0 Å². The first-order valence-electron chi connectivity index (χ1n) is 8.15. The monoisotopic (exact) mass is 563 g/mol. The number of carbonyl (C=O) groups excluding carboxylic acids is 1. The summed E-state index contributed by atoms with van der Waals surface area (Å²) < 4.78 is 12.9. The van der Waals surface area contributed by atoms with E-state index in [9.17, 15) is 9.90 Å². The molecule has 0 aliphatic carbocycles. The lowest BCUT2D eigenvalue weighted by Gasteiger charge is -2.13. The number of halogens is 3. The number of aliphatic hydroxyl groups excluding tert-OH is 1. The Balaban J connectivity index is 1.87. The van der Waals surface area contributed by atoms with Crippen LogP contribution < -0.4 is 14.8 Å². The summed E-state index contributed by atoms with van der Waals surface area (Å²) >= 11 is 10.3. The number of carbonyl (C=O) groups is 1. The molecule has 5 nitrogen and oxygen atoms in total. The zero-order valence-electron chi connectivity index (χ0n) is 14.9. The molecule has 0 aromatic heterocycles. The van der Waals surface area contributed by atoms with Gasteiger partial charge in [0, 0.05) is 13.0 Å². The van der Waals surface area contributed by atoms with Gasteiger partial charge in [-0.3, -0.25) is 4.79 Å². The van der Waals surface area contributed by atoms with E-state index in [2.05, 4.69) is 53.1 Å². The fourth-order valence-corrected chi connectivity index (χ4v) is 4.75. The van der Waals surface area contributed by atoms with Crippen molar-refractivity contribution in [1.29, 1.82) is 0 Å². The molecule has 1 amide bonds.